The molecule has 1 aromatic heterocycles. The molecule has 1 aromatic carbocycles. The van der Waals surface area contributed by atoms with Crippen LogP contribution >= 0.6 is 0 Å². The van der Waals surface area contributed by atoms with Crippen molar-refractivity contribution in [2.24, 2.45) is 0 Å². The molecule has 22 heavy (non-hydrogen) atoms. The van der Waals surface area contributed by atoms with E-state index in [0.29, 0.717) is 13.0 Å². The Bertz CT molecular complexity index is 628. The lowest BCUT2D eigenvalue weighted by Crippen LogP contribution is -2.35. The Labute approximate surface area is 130 Å². The highest BCUT2D eigenvalue weighted by atomic mass is 16.6. The van der Waals surface area contributed by atoms with Crippen LogP contribution in [0.3, 0.4) is 0 Å². The molecule has 0 radical (unpaired) electrons. The number of alkyl carbamates (subject to hydrolysis) is 1. The van der Waals surface area contributed by atoms with E-state index in [0.717, 1.165) is 16.5 Å². The second-order valence-corrected chi connectivity index (χ2v) is 6.38. The standard InChI is InChI=1S/C17H24N2O3/c1-17(2,3)22-16(21)19-10-12(8-9-20)14-11-18-15-7-5-4-6-13(14)15/h4-7,11-12,18,20H,8-10H2,1-3H3,(H,19,21). The fraction of sp³-hybridized carbons (Fsp3) is 0.471. The van der Waals surface area contributed by atoms with Gasteiger partial charge in [0.15, 0.2) is 0 Å². The molecule has 1 heterocycles. The van der Waals surface area contributed by atoms with Gasteiger partial charge < -0.3 is 20.1 Å². The number of hydrogen-bond acceptors (Lipinski definition) is 3. The van der Waals surface area contributed by atoms with Crippen molar-refractivity contribution in [3.05, 3.63) is 36.0 Å². The number of ether oxygens (including phenoxy) is 1. The SMILES string of the molecule is CC(C)(C)OC(=O)NCC(CCO)c1c[nH]c2ccccc12. The van der Waals surface area contributed by atoms with Gasteiger partial charge in [-0.1, -0.05) is 18.2 Å². The summed E-state index contributed by atoms with van der Waals surface area (Å²) in [4.78, 5) is 15.0. The first-order valence-electron chi connectivity index (χ1n) is 7.54. The second-order valence-electron chi connectivity index (χ2n) is 6.38. The second kappa shape index (κ2) is 6.83. The molecular weight excluding hydrogens is 280 g/mol. The van der Waals surface area contributed by atoms with Gasteiger partial charge >= 0.3 is 6.09 Å². The first kappa shape index (κ1) is 16.4. The highest BCUT2D eigenvalue weighted by molar-refractivity contribution is 5.83. The Kier molecular flexibility index (Phi) is 5.08. The molecule has 0 aliphatic rings. The smallest absolute Gasteiger partial charge is 0.407 e. The van der Waals surface area contributed by atoms with Gasteiger partial charge in [-0.3, -0.25) is 0 Å². The summed E-state index contributed by atoms with van der Waals surface area (Å²) in [6, 6.07) is 8.01. The van der Waals surface area contributed by atoms with Gasteiger partial charge in [-0.15, -0.1) is 0 Å². The molecule has 5 nitrogen and oxygen atoms in total. The lowest BCUT2D eigenvalue weighted by molar-refractivity contribution is 0.0522. The Morgan fingerprint density at radius 1 is 1.36 bits per heavy atom. The lowest BCUT2D eigenvalue weighted by atomic mass is 9.95. The van der Waals surface area contributed by atoms with Gasteiger partial charge in [0.25, 0.3) is 0 Å². The van der Waals surface area contributed by atoms with Crippen molar-refractivity contribution in [3.63, 3.8) is 0 Å². The molecule has 0 aliphatic heterocycles. The number of rotatable bonds is 5. The van der Waals surface area contributed by atoms with Crippen LogP contribution in [0.2, 0.25) is 0 Å². The molecule has 3 N–H and O–H groups in total. The van der Waals surface area contributed by atoms with E-state index in [-0.39, 0.29) is 12.5 Å². The van der Waals surface area contributed by atoms with Crippen molar-refractivity contribution in [1.29, 1.82) is 0 Å². The average Bonchev–Trinajstić information content (AvgIpc) is 2.85. The summed E-state index contributed by atoms with van der Waals surface area (Å²) in [5.41, 5.74) is 1.63. The molecule has 1 atom stereocenters. The summed E-state index contributed by atoms with van der Waals surface area (Å²) in [5.74, 6) is 0.0358. The topological polar surface area (TPSA) is 74.3 Å². The Morgan fingerprint density at radius 2 is 2.09 bits per heavy atom. The molecular formula is C17H24N2O3. The third kappa shape index (κ3) is 4.24. The maximum absolute atomic E-state index is 11.8. The maximum Gasteiger partial charge on any atom is 0.407 e. The molecule has 0 saturated heterocycles. The van der Waals surface area contributed by atoms with E-state index in [9.17, 15) is 9.90 Å². The van der Waals surface area contributed by atoms with Crippen molar-refractivity contribution in [2.75, 3.05) is 13.2 Å². The quantitative estimate of drug-likeness (QED) is 0.794. The minimum absolute atomic E-state index is 0.0358. The summed E-state index contributed by atoms with van der Waals surface area (Å²) in [5, 5.41) is 13.2. The summed E-state index contributed by atoms with van der Waals surface area (Å²) < 4.78 is 5.25. The van der Waals surface area contributed by atoms with Crippen LogP contribution in [0.1, 0.15) is 38.7 Å². The Hall–Kier alpha value is -2.01. The van der Waals surface area contributed by atoms with Gasteiger partial charge in [0.1, 0.15) is 5.60 Å². The van der Waals surface area contributed by atoms with Crippen molar-refractivity contribution in [3.8, 4) is 0 Å². The Morgan fingerprint density at radius 3 is 2.77 bits per heavy atom. The molecule has 120 valence electrons. The van der Waals surface area contributed by atoms with Gasteiger partial charge in [-0.2, -0.15) is 0 Å². The van der Waals surface area contributed by atoms with E-state index in [1.54, 1.807) is 0 Å². The summed E-state index contributed by atoms with van der Waals surface area (Å²) in [6.07, 6.45) is 2.09. The van der Waals surface area contributed by atoms with Crippen LogP contribution in [0.5, 0.6) is 0 Å². The molecule has 1 amide bonds. The molecule has 5 heteroatoms. The fourth-order valence-corrected chi connectivity index (χ4v) is 2.48. The third-order valence-electron chi connectivity index (χ3n) is 3.43. The van der Waals surface area contributed by atoms with Crippen LogP contribution in [0.25, 0.3) is 10.9 Å². The number of benzene rings is 1. The summed E-state index contributed by atoms with van der Waals surface area (Å²) in [6.45, 7) is 5.99. The predicted molar refractivity (Wildman–Crippen MR) is 87.0 cm³/mol. The van der Waals surface area contributed by atoms with Gasteiger partial charge in [0.2, 0.25) is 0 Å². The number of aromatic amines is 1. The number of hydrogen-bond donors (Lipinski definition) is 3. The molecule has 2 rings (SSSR count). The highest BCUT2D eigenvalue weighted by Crippen LogP contribution is 2.27. The number of carbonyl (C=O) groups excluding carboxylic acids is 1. The van der Waals surface area contributed by atoms with Crippen LogP contribution in [0, 0.1) is 0 Å². The van der Waals surface area contributed by atoms with Crippen LogP contribution in [-0.2, 0) is 4.74 Å². The van der Waals surface area contributed by atoms with Gasteiger partial charge in [0, 0.05) is 36.2 Å². The number of carbonyl (C=O) groups is 1. The first-order valence-corrected chi connectivity index (χ1v) is 7.54. The molecule has 2 aromatic rings. The van der Waals surface area contributed by atoms with Gasteiger partial charge in [0.05, 0.1) is 0 Å². The number of aromatic nitrogens is 1. The number of nitrogens with one attached hydrogen (secondary N) is 2. The Balaban J connectivity index is 2.08. The molecule has 0 bridgehead atoms. The van der Waals surface area contributed by atoms with Crippen LogP contribution in [-0.4, -0.2) is 34.9 Å². The molecule has 1 unspecified atom stereocenters. The van der Waals surface area contributed by atoms with Crippen molar-refractivity contribution in [1.82, 2.24) is 10.3 Å². The van der Waals surface area contributed by atoms with Crippen LogP contribution < -0.4 is 5.32 Å². The molecule has 0 saturated carbocycles. The van der Waals surface area contributed by atoms with E-state index in [1.165, 1.54) is 0 Å². The summed E-state index contributed by atoms with van der Waals surface area (Å²) in [7, 11) is 0. The van der Waals surface area contributed by atoms with E-state index in [4.69, 9.17) is 4.74 Å². The minimum Gasteiger partial charge on any atom is -0.444 e. The summed E-state index contributed by atoms with van der Waals surface area (Å²) >= 11 is 0. The normalized spacial score (nSPS) is 13.1. The number of aliphatic hydroxyl groups excluding tert-OH is 1. The maximum atomic E-state index is 11.8. The number of aliphatic hydroxyl groups is 1. The third-order valence-corrected chi connectivity index (χ3v) is 3.43. The lowest BCUT2D eigenvalue weighted by Gasteiger charge is -2.21. The van der Waals surface area contributed by atoms with Crippen LogP contribution in [0.15, 0.2) is 30.5 Å². The zero-order chi connectivity index (χ0) is 16.2. The van der Waals surface area contributed by atoms with E-state index >= 15 is 0 Å². The number of H-pyrrole nitrogens is 1. The zero-order valence-corrected chi connectivity index (χ0v) is 13.3. The number of fused-ring (bicyclic) bond motifs is 1. The molecule has 0 spiro atoms. The molecule has 0 aliphatic carbocycles. The van der Waals surface area contributed by atoms with Crippen molar-refractivity contribution in [2.45, 2.75) is 38.7 Å². The monoisotopic (exact) mass is 304 g/mol. The number of para-hydroxylation sites is 1. The van der Waals surface area contributed by atoms with E-state index in [2.05, 4.69) is 10.3 Å². The predicted octanol–water partition coefficient (Wildman–Crippen LogP) is 3.16. The highest BCUT2D eigenvalue weighted by Gasteiger charge is 2.19. The van der Waals surface area contributed by atoms with Crippen molar-refractivity contribution >= 4 is 17.0 Å². The van der Waals surface area contributed by atoms with Crippen LogP contribution in [0.4, 0.5) is 4.79 Å². The minimum atomic E-state index is -0.517. The zero-order valence-electron chi connectivity index (χ0n) is 13.3. The van der Waals surface area contributed by atoms with E-state index < -0.39 is 11.7 Å². The van der Waals surface area contributed by atoms with E-state index in [1.807, 2.05) is 51.2 Å². The largest absolute Gasteiger partial charge is 0.444 e. The average molecular weight is 304 g/mol. The van der Waals surface area contributed by atoms with Gasteiger partial charge in [-0.05, 0) is 38.8 Å². The fourth-order valence-electron chi connectivity index (χ4n) is 2.48. The molecule has 0 fully saturated rings. The van der Waals surface area contributed by atoms with Gasteiger partial charge in [-0.25, -0.2) is 4.79 Å². The number of amides is 1. The first-order chi connectivity index (χ1) is 10.4. The van der Waals surface area contributed by atoms with Crippen molar-refractivity contribution < 1.29 is 14.6 Å².